The van der Waals surface area contributed by atoms with Crippen molar-refractivity contribution in [1.82, 2.24) is 24.7 Å². The maximum Gasteiger partial charge on any atom is 0.192 e. The molecule has 4 aromatic rings. The van der Waals surface area contributed by atoms with Crippen molar-refractivity contribution in [1.29, 1.82) is 0 Å². The molecule has 3 heterocycles. The number of thiophene rings is 1. The van der Waals surface area contributed by atoms with Crippen LogP contribution >= 0.6 is 23.1 Å². The van der Waals surface area contributed by atoms with Crippen LogP contribution < -0.4 is 5.73 Å². The first kappa shape index (κ1) is 18.6. The molecule has 2 N–H and O–H groups in total. The average Bonchev–Trinajstić information content (AvgIpc) is 3.22. The molecule has 0 fully saturated rings. The SMILES string of the molecule is C=CCn1c(SCc2nc(N)c3c(C)c(C)sc3n2)nnc1-c1ccccc1. The standard InChI is InChI=1S/C20H20N6S2/c1-4-10-26-18(14-8-6-5-7-9-14)24-25-20(26)27-11-15-22-17(21)16-12(2)13(3)28-19(16)23-15/h4-9H,1,10-11H2,2-3H3,(H2,21,22,23). The molecule has 0 aliphatic rings. The Morgan fingerprint density at radius 2 is 1.96 bits per heavy atom. The Kier molecular flexibility index (Phi) is 5.15. The summed E-state index contributed by atoms with van der Waals surface area (Å²) in [6.07, 6.45) is 1.84. The van der Waals surface area contributed by atoms with Crippen molar-refractivity contribution in [2.75, 3.05) is 5.73 Å². The number of hydrogen-bond acceptors (Lipinski definition) is 7. The van der Waals surface area contributed by atoms with Crippen LogP contribution in [0.15, 0.2) is 48.1 Å². The number of nitrogen functional groups attached to an aromatic ring is 1. The van der Waals surface area contributed by atoms with E-state index in [4.69, 9.17) is 10.7 Å². The van der Waals surface area contributed by atoms with Crippen LogP contribution in [0, 0.1) is 13.8 Å². The lowest BCUT2D eigenvalue weighted by Crippen LogP contribution is -2.02. The minimum Gasteiger partial charge on any atom is -0.383 e. The fourth-order valence-electron chi connectivity index (χ4n) is 3.01. The summed E-state index contributed by atoms with van der Waals surface area (Å²) < 4.78 is 2.05. The molecule has 0 radical (unpaired) electrons. The number of nitrogens with two attached hydrogens (primary N) is 1. The second-order valence-electron chi connectivity index (χ2n) is 6.35. The Hall–Kier alpha value is -2.71. The molecule has 4 rings (SSSR count). The van der Waals surface area contributed by atoms with E-state index in [1.165, 1.54) is 4.88 Å². The van der Waals surface area contributed by atoms with Gasteiger partial charge in [-0.05, 0) is 19.4 Å². The quantitative estimate of drug-likeness (QED) is 0.370. The predicted molar refractivity (Wildman–Crippen MR) is 117 cm³/mol. The molecule has 0 atom stereocenters. The third kappa shape index (κ3) is 3.41. The summed E-state index contributed by atoms with van der Waals surface area (Å²) in [7, 11) is 0. The molecule has 142 valence electrons. The molecule has 0 unspecified atom stereocenters. The van der Waals surface area contributed by atoms with Gasteiger partial charge in [0.05, 0.1) is 11.1 Å². The van der Waals surface area contributed by atoms with E-state index in [0.29, 0.717) is 23.9 Å². The zero-order valence-corrected chi connectivity index (χ0v) is 17.3. The smallest absolute Gasteiger partial charge is 0.192 e. The number of aromatic nitrogens is 5. The van der Waals surface area contributed by atoms with Gasteiger partial charge >= 0.3 is 0 Å². The minimum absolute atomic E-state index is 0.542. The first-order valence-corrected chi connectivity index (χ1v) is 10.6. The maximum atomic E-state index is 6.20. The number of thioether (sulfide) groups is 1. The summed E-state index contributed by atoms with van der Waals surface area (Å²) >= 11 is 3.20. The van der Waals surface area contributed by atoms with Crippen LogP contribution in [-0.2, 0) is 12.3 Å². The first-order chi connectivity index (χ1) is 13.6. The highest BCUT2D eigenvalue weighted by Crippen LogP contribution is 2.33. The van der Waals surface area contributed by atoms with Crippen LogP contribution in [-0.4, -0.2) is 24.7 Å². The van der Waals surface area contributed by atoms with Crippen LogP contribution in [0.1, 0.15) is 16.3 Å². The molecule has 1 aromatic carbocycles. The van der Waals surface area contributed by atoms with E-state index in [1.807, 2.05) is 41.0 Å². The van der Waals surface area contributed by atoms with Gasteiger partial charge < -0.3 is 5.73 Å². The fourth-order valence-corrected chi connectivity index (χ4v) is 4.87. The lowest BCUT2D eigenvalue weighted by molar-refractivity contribution is 0.730. The predicted octanol–water partition coefficient (Wildman–Crippen LogP) is 4.63. The van der Waals surface area contributed by atoms with Gasteiger partial charge in [-0.25, -0.2) is 9.97 Å². The Morgan fingerprint density at radius 3 is 2.71 bits per heavy atom. The Morgan fingerprint density at radius 1 is 1.18 bits per heavy atom. The van der Waals surface area contributed by atoms with Crippen molar-refractivity contribution >= 4 is 39.1 Å². The van der Waals surface area contributed by atoms with Gasteiger partial charge in [0, 0.05) is 17.0 Å². The van der Waals surface area contributed by atoms with E-state index in [2.05, 4.69) is 35.6 Å². The van der Waals surface area contributed by atoms with Gasteiger partial charge in [0.1, 0.15) is 16.5 Å². The third-order valence-corrected chi connectivity index (χ3v) is 6.56. The van der Waals surface area contributed by atoms with Crippen molar-refractivity contribution in [3.05, 3.63) is 59.3 Å². The molecule has 0 amide bonds. The molecular weight excluding hydrogens is 388 g/mol. The van der Waals surface area contributed by atoms with E-state index in [-0.39, 0.29) is 0 Å². The van der Waals surface area contributed by atoms with E-state index in [0.717, 1.165) is 32.3 Å². The number of aryl methyl sites for hydroxylation is 2. The van der Waals surface area contributed by atoms with E-state index < -0.39 is 0 Å². The lowest BCUT2D eigenvalue weighted by atomic mass is 10.2. The molecule has 0 saturated heterocycles. The van der Waals surface area contributed by atoms with Gasteiger partial charge in [-0.2, -0.15) is 0 Å². The summed E-state index contributed by atoms with van der Waals surface area (Å²) in [6, 6.07) is 10.0. The molecule has 6 nitrogen and oxygen atoms in total. The van der Waals surface area contributed by atoms with E-state index >= 15 is 0 Å². The van der Waals surface area contributed by atoms with Gasteiger partial charge in [-0.3, -0.25) is 4.57 Å². The summed E-state index contributed by atoms with van der Waals surface area (Å²) in [5.41, 5.74) is 8.38. The van der Waals surface area contributed by atoms with Crippen LogP contribution in [0.2, 0.25) is 0 Å². The van der Waals surface area contributed by atoms with Crippen molar-refractivity contribution < 1.29 is 0 Å². The summed E-state index contributed by atoms with van der Waals surface area (Å²) in [5, 5.41) is 10.5. The van der Waals surface area contributed by atoms with Crippen molar-refractivity contribution in [3.8, 4) is 11.4 Å². The van der Waals surface area contributed by atoms with Gasteiger partial charge in [-0.15, -0.1) is 28.1 Å². The summed E-state index contributed by atoms with van der Waals surface area (Å²) in [6.45, 7) is 8.63. The largest absolute Gasteiger partial charge is 0.383 e. The molecule has 0 aliphatic heterocycles. The van der Waals surface area contributed by atoms with Crippen LogP contribution in [0.4, 0.5) is 5.82 Å². The number of fused-ring (bicyclic) bond motifs is 1. The topological polar surface area (TPSA) is 82.5 Å². The van der Waals surface area contributed by atoms with E-state index in [9.17, 15) is 0 Å². The number of hydrogen-bond donors (Lipinski definition) is 1. The van der Waals surface area contributed by atoms with E-state index in [1.54, 1.807) is 23.1 Å². The zero-order chi connectivity index (χ0) is 19.7. The lowest BCUT2D eigenvalue weighted by Gasteiger charge is -2.08. The Labute approximate surface area is 171 Å². The second-order valence-corrected chi connectivity index (χ2v) is 8.49. The van der Waals surface area contributed by atoms with Crippen LogP contribution in [0.5, 0.6) is 0 Å². The minimum atomic E-state index is 0.542. The van der Waals surface area contributed by atoms with Gasteiger partial charge in [0.15, 0.2) is 11.0 Å². The number of benzene rings is 1. The van der Waals surface area contributed by atoms with Gasteiger partial charge in [0.25, 0.3) is 0 Å². The van der Waals surface area contributed by atoms with Gasteiger partial charge in [0.2, 0.25) is 0 Å². The molecule has 8 heteroatoms. The third-order valence-electron chi connectivity index (χ3n) is 4.49. The maximum absolute atomic E-state index is 6.20. The highest BCUT2D eigenvalue weighted by molar-refractivity contribution is 7.98. The second kappa shape index (κ2) is 7.73. The molecular formula is C20H20N6S2. The summed E-state index contributed by atoms with van der Waals surface area (Å²) in [5.74, 6) is 2.63. The number of anilines is 1. The first-order valence-electron chi connectivity index (χ1n) is 8.83. The molecule has 0 spiro atoms. The summed E-state index contributed by atoms with van der Waals surface area (Å²) in [4.78, 5) is 11.4. The van der Waals surface area contributed by atoms with Gasteiger partial charge in [-0.1, -0.05) is 48.2 Å². The highest BCUT2D eigenvalue weighted by Gasteiger charge is 2.16. The number of allylic oxidation sites excluding steroid dienone is 1. The average molecular weight is 409 g/mol. The normalized spacial score (nSPS) is 11.2. The molecule has 0 bridgehead atoms. The van der Waals surface area contributed by atoms with Crippen molar-refractivity contribution in [3.63, 3.8) is 0 Å². The zero-order valence-electron chi connectivity index (χ0n) is 15.7. The van der Waals surface area contributed by atoms with Crippen LogP contribution in [0.3, 0.4) is 0 Å². The Bertz CT molecular complexity index is 1150. The number of rotatable bonds is 6. The molecule has 0 saturated carbocycles. The fraction of sp³-hybridized carbons (Fsp3) is 0.200. The molecule has 0 aliphatic carbocycles. The van der Waals surface area contributed by atoms with Crippen LogP contribution in [0.25, 0.3) is 21.6 Å². The molecule has 3 aromatic heterocycles. The molecule has 28 heavy (non-hydrogen) atoms. The monoisotopic (exact) mass is 408 g/mol. The van der Waals surface area contributed by atoms with Crippen molar-refractivity contribution in [2.45, 2.75) is 31.3 Å². The Balaban J connectivity index is 1.62. The number of nitrogens with zero attached hydrogens (tertiary/aromatic N) is 5. The highest BCUT2D eigenvalue weighted by atomic mass is 32.2. The van der Waals surface area contributed by atoms with Crippen molar-refractivity contribution in [2.24, 2.45) is 0 Å².